The van der Waals surface area contributed by atoms with Crippen LogP contribution >= 0.6 is 11.8 Å². The molecule has 0 N–H and O–H groups in total. The molecule has 1 nitrogen and oxygen atoms in total. The minimum absolute atomic E-state index is 0.452. The van der Waals surface area contributed by atoms with Crippen LogP contribution in [0, 0.1) is 5.92 Å². The summed E-state index contributed by atoms with van der Waals surface area (Å²) in [6.45, 7) is 6.87. The van der Waals surface area contributed by atoms with Gasteiger partial charge in [-0.2, -0.15) is 0 Å². The van der Waals surface area contributed by atoms with Crippen molar-refractivity contribution in [1.29, 1.82) is 0 Å². The molecule has 0 aliphatic carbocycles. The molecule has 0 spiro atoms. The third kappa shape index (κ3) is 6.30. The molecule has 1 aliphatic rings. The summed E-state index contributed by atoms with van der Waals surface area (Å²) in [7, 11) is 0. The molecule has 0 bridgehead atoms. The highest BCUT2D eigenvalue weighted by molar-refractivity contribution is 8.14. The summed E-state index contributed by atoms with van der Waals surface area (Å²) in [5.41, 5.74) is 0. The van der Waals surface area contributed by atoms with Gasteiger partial charge in [0.15, 0.2) is 0 Å². The maximum Gasteiger partial charge on any atom is 0.0689 e. The molecule has 2 unspecified atom stereocenters. The maximum absolute atomic E-state index is 4.88. The molecule has 0 saturated heterocycles. The molecule has 17 heavy (non-hydrogen) atoms. The van der Waals surface area contributed by atoms with Gasteiger partial charge in [-0.1, -0.05) is 52.2 Å². The average Bonchev–Trinajstić information content (AvgIpc) is 2.55. The predicted octanol–water partition coefficient (Wildman–Crippen LogP) is 5.07. The molecule has 0 saturated carbocycles. The van der Waals surface area contributed by atoms with E-state index < -0.39 is 0 Å². The van der Waals surface area contributed by atoms with Crippen molar-refractivity contribution in [1.82, 2.24) is 0 Å². The van der Waals surface area contributed by atoms with Crippen LogP contribution in [0.3, 0.4) is 0 Å². The normalized spacial score (nSPS) is 22.1. The Bertz CT molecular complexity index is 258. The summed E-state index contributed by atoms with van der Waals surface area (Å²) < 4.78 is 0. The second-order valence-corrected chi connectivity index (χ2v) is 6.12. The first-order valence-electron chi connectivity index (χ1n) is 7.12. The highest BCUT2D eigenvalue weighted by Crippen LogP contribution is 2.20. The van der Waals surface area contributed by atoms with E-state index in [0.717, 1.165) is 11.7 Å². The number of thioether (sulfide) groups is 1. The molecule has 0 amide bonds. The third-order valence-corrected chi connectivity index (χ3v) is 4.39. The van der Waals surface area contributed by atoms with E-state index in [-0.39, 0.29) is 0 Å². The average molecular weight is 253 g/mol. The monoisotopic (exact) mass is 253 g/mol. The molecule has 1 aliphatic heterocycles. The summed E-state index contributed by atoms with van der Waals surface area (Å²) in [5, 5.41) is 1.39. The van der Waals surface area contributed by atoms with Crippen LogP contribution in [0.1, 0.15) is 59.3 Å². The van der Waals surface area contributed by atoms with Crippen molar-refractivity contribution >= 4 is 16.8 Å². The summed E-state index contributed by atoms with van der Waals surface area (Å²) in [6, 6.07) is 0.452. The van der Waals surface area contributed by atoms with Crippen LogP contribution in [0.25, 0.3) is 0 Å². The van der Waals surface area contributed by atoms with Gasteiger partial charge in [-0.3, -0.25) is 4.99 Å². The highest BCUT2D eigenvalue weighted by Gasteiger charge is 2.09. The van der Waals surface area contributed by atoms with Crippen molar-refractivity contribution in [3.05, 3.63) is 12.2 Å². The fraction of sp³-hybridized carbons (Fsp3) is 0.800. The Morgan fingerprint density at radius 1 is 1.47 bits per heavy atom. The maximum atomic E-state index is 4.88. The molecule has 1 rings (SSSR count). The zero-order valence-electron chi connectivity index (χ0n) is 11.6. The quantitative estimate of drug-likeness (QED) is 0.577. The van der Waals surface area contributed by atoms with Crippen LogP contribution in [-0.2, 0) is 0 Å². The summed E-state index contributed by atoms with van der Waals surface area (Å²) in [4.78, 5) is 4.88. The van der Waals surface area contributed by atoms with Gasteiger partial charge < -0.3 is 0 Å². The van der Waals surface area contributed by atoms with Crippen molar-refractivity contribution in [2.75, 3.05) is 5.75 Å². The highest BCUT2D eigenvalue weighted by atomic mass is 32.2. The third-order valence-electron chi connectivity index (χ3n) is 3.38. The van der Waals surface area contributed by atoms with Gasteiger partial charge in [-0.25, -0.2) is 0 Å². The zero-order valence-corrected chi connectivity index (χ0v) is 12.4. The van der Waals surface area contributed by atoms with E-state index in [9.17, 15) is 0 Å². The van der Waals surface area contributed by atoms with Crippen molar-refractivity contribution in [2.45, 2.75) is 65.3 Å². The summed E-state index contributed by atoms with van der Waals surface area (Å²) in [6.07, 6.45) is 12.2. The van der Waals surface area contributed by atoms with E-state index in [4.69, 9.17) is 4.99 Å². The number of hydrogen-bond acceptors (Lipinski definition) is 2. The molecule has 2 heteroatoms. The van der Waals surface area contributed by atoms with E-state index in [1.807, 2.05) is 11.8 Å². The second kappa shape index (κ2) is 8.79. The SMILES string of the molecule is CCCC1C=CCSC(CCCC(C)CC)=N1. The molecule has 0 aromatic carbocycles. The van der Waals surface area contributed by atoms with Gasteiger partial charge in [0.1, 0.15) is 0 Å². The minimum Gasteiger partial charge on any atom is -0.275 e. The second-order valence-electron chi connectivity index (χ2n) is 5.02. The summed E-state index contributed by atoms with van der Waals surface area (Å²) >= 11 is 1.94. The van der Waals surface area contributed by atoms with E-state index in [2.05, 4.69) is 32.9 Å². The lowest BCUT2D eigenvalue weighted by Crippen LogP contribution is -2.03. The first kappa shape index (κ1) is 14.8. The Hall–Kier alpha value is -0.240. The van der Waals surface area contributed by atoms with Crippen LogP contribution in [0.15, 0.2) is 17.1 Å². The van der Waals surface area contributed by atoms with Gasteiger partial charge in [0, 0.05) is 5.75 Å². The van der Waals surface area contributed by atoms with Crippen molar-refractivity contribution < 1.29 is 0 Å². The number of aliphatic imine (C=N–C) groups is 1. The molecule has 98 valence electrons. The standard InChI is InChI=1S/C15H27NS/c1-4-8-14-10-7-12-17-15(16-14)11-6-9-13(3)5-2/h7,10,13-14H,4-6,8-9,11-12H2,1-3H3. The van der Waals surface area contributed by atoms with Crippen molar-refractivity contribution in [3.8, 4) is 0 Å². The van der Waals surface area contributed by atoms with Gasteiger partial charge in [0.05, 0.1) is 11.1 Å². The van der Waals surface area contributed by atoms with Crippen LogP contribution in [0.2, 0.25) is 0 Å². The largest absolute Gasteiger partial charge is 0.275 e. The van der Waals surface area contributed by atoms with Gasteiger partial charge >= 0.3 is 0 Å². The molecular weight excluding hydrogens is 226 g/mol. The van der Waals surface area contributed by atoms with Crippen LogP contribution in [0.5, 0.6) is 0 Å². The van der Waals surface area contributed by atoms with Crippen LogP contribution in [-0.4, -0.2) is 16.8 Å². The number of rotatable bonds is 7. The van der Waals surface area contributed by atoms with Crippen molar-refractivity contribution in [3.63, 3.8) is 0 Å². The first-order valence-corrected chi connectivity index (χ1v) is 8.10. The van der Waals surface area contributed by atoms with E-state index in [1.165, 1.54) is 43.6 Å². The summed E-state index contributed by atoms with van der Waals surface area (Å²) in [5.74, 6) is 1.98. The lowest BCUT2D eigenvalue weighted by Gasteiger charge is -2.10. The first-order chi connectivity index (χ1) is 8.26. The van der Waals surface area contributed by atoms with Gasteiger partial charge in [-0.05, 0) is 25.2 Å². The molecule has 0 radical (unpaired) electrons. The lowest BCUT2D eigenvalue weighted by atomic mass is 10.0. The Balaban J connectivity index is 2.35. The Labute approximate surface area is 111 Å². The Morgan fingerprint density at radius 2 is 2.29 bits per heavy atom. The fourth-order valence-corrected chi connectivity index (χ4v) is 2.92. The molecule has 0 aromatic rings. The van der Waals surface area contributed by atoms with Crippen molar-refractivity contribution in [2.24, 2.45) is 10.9 Å². The smallest absolute Gasteiger partial charge is 0.0689 e. The van der Waals surface area contributed by atoms with E-state index >= 15 is 0 Å². The Morgan fingerprint density at radius 3 is 3.00 bits per heavy atom. The zero-order chi connectivity index (χ0) is 12.5. The van der Waals surface area contributed by atoms with E-state index in [1.54, 1.807) is 0 Å². The molecule has 2 atom stereocenters. The number of nitrogens with zero attached hydrogens (tertiary/aromatic N) is 1. The van der Waals surface area contributed by atoms with Gasteiger partial charge in [0.25, 0.3) is 0 Å². The van der Waals surface area contributed by atoms with Crippen LogP contribution in [0.4, 0.5) is 0 Å². The molecule has 0 fully saturated rings. The van der Waals surface area contributed by atoms with Gasteiger partial charge in [0.2, 0.25) is 0 Å². The van der Waals surface area contributed by atoms with E-state index in [0.29, 0.717) is 6.04 Å². The minimum atomic E-state index is 0.452. The Kier molecular flexibility index (Phi) is 7.67. The molecular formula is C15H27NS. The topological polar surface area (TPSA) is 12.4 Å². The fourth-order valence-electron chi connectivity index (χ4n) is 2.02. The predicted molar refractivity (Wildman–Crippen MR) is 81.0 cm³/mol. The lowest BCUT2D eigenvalue weighted by molar-refractivity contribution is 0.502. The van der Waals surface area contributed by atoms with Gasteiger partial charge in [-0.15, -0.1) is 11.8 Å². The molecule has 1 heterocycles. The molecule has 0 aromatic heterocycles. The number of hydrogen-bond donors (Lipinski definition) is 0. The van der Waals surface area contributed by atoms with Crippen LogP contribution < -0.4 is 0 Å².